The van der Waals surface area contributed by atoms with Gasteiger partial charge in [-0.25, -0.2) is 4.98 Å². The van der Waals surface area contributed by atoms with E-state index in [9.17, 15) is 4.79 Å². The van der Waals surface area contributed by atoms with Crippen LogP contribution in [0.25, 0.3) is 0 Å². The molecule has 1 saturated heterocycles. The van der Waals surface area contributed by atoms with Gasteiger partial charge in [0.1, 0.15) is 5.82 Å². The third-order valence-corrected chi connectivity index (χ3v) is 3.82. The van der Waals surface area contributed by atoms with Crippen molar-refractivity contribution in [2.24, 2.45) is 0 Å². The lowest BCUT2D eigenvalue weighted by molar-refractivity contribution is 0.0957. The van der Waals surface area contributed by atoms with Crippen LogP contribution in [0.5, 0.6) is 0 Å². The number of nitrogens with zero attached hydrogens (tertiary/aromatic N) is 6. The number of piperazine rings is 1. The number of hydrogen-bond donors (Lipinski definition) is 2. The van der Waals surface area contributed by atoms with Crippen molar-refractivity contribution in [3.05, 3.63) is 29.5 Å². The third-order valence-electron chi connectivity index (χ3n) is 3.82. The van der Waals surface area contributed by atoms with Gasteiger partial charge in [0, 0.05) is 33.2 Å². The predicted molar refractivity (Wildman–Crippen MR) is 84.0 cm³/mol. The van der Waals surface area contributed by atoms with Crippen LogP contribution in [0.3, 0.4) is 0 Å². The van der Waals surface area contributed by atoms with Crippen molar-refractivity contribution in [2.45, 2.75) is 13.5 Å². The third kappa shape index (κ3) is 3.62. The lowest BCUT2D eigenvalue weighted by Gasteiger charge is -2.34. The fraction of sp³-hybridized carbons (Fsp3) is 0.500. The van der Waals surface area contributed by atoms with Crippen molar-refractivity contribution in [1.29, 1.82) is 0 Å². The Morgan fingerprint density at radius 1 is 1.26 bits per heavy atom. The van der Waals surface area contributed by atoms with Gasteiger partial charge in [0.2, 0.25) is 0 Å². The predicted octanol–water partition coefficient (Wildman–Crippen LogP) is -0.415. The molecule has 1 aliphatic heterocycles. The van der Waals surface area contributed by atoms with Crippen LogP contribution in [-0.4, -0.2) is 69.4 Å². The molecule has 23 heavy (non-hydrogen) atoms. The van der Waals surface area contributed by atoms with E-state index < -0.39 is 0 Å². The second-order valence-electron chi connectivity index (χ2n) is 5.46. The fourth-order valence-corrected chi connectivity index (χ4v) is 2.54. The molecule has 122 valence electrons. The lowest BCUT2D eigenvalue weighted by Crippen LogP contribution is -2.46. The number of hydrogen-bond acceptors (Lipinski definition) is 7. The summed E-state index contributed by atoms with van der Waals surface area (Å²) in [6, 6.07) is 3.54. The lowest BCUT2D eigenvalue weighted by atomic mass is 10.3. The average molecular weight is 316 g/mol. The molecule has 0 atom stereocenters. The number of amides is 1. The maximum absolute atomic E-state index is 11.5. The van der Waals surface area contributed by atoms with Gasteiger partial charge in [-0.3, -0.25) is 14.8 Å². The SMILES string of the molecule is CNC(=O)c1ccc(N2CCN(Cc3n[nH]c(C)n3)CC2)nn1. The van der Waals surface area contributed by atoms with Crippen molar-refractivity contribution in [3.8, 4) is 0 Å². The molecule has 9 nitrogen and oxygen atoms in total. The van der Waals surface area contributed by atoms with Gasteiger partial charge in [0.05, 0.1) is 6.54 Å². The summed E-state index contributed by atoms with van der Waals surface area (Å²) >= 11 is 0. The Balaban J connectivity index is 1.55. The van der Waals surface area contributed by atoms with Crippen LogP contribution in [0.1, 0.15) is 22.1 Å². The van der Waals surface area contributed by atoms with Gasteiger partial charge in [0.25, 0.3) is 5.91 Å². The summed E-state index contributed by atoms with van der Waals surface area (Å²) in [7, 11) is 1.58. The van der Waals surface area contributed by atoms with E-state index in [1.807, 2.05) is 13.0 Å². The number of H-pyrrole nitrogens is 1. The molecule has 1 fully saturated rings. The first-order valence-corrected chi connectivity index (χ1v) is 7.56. The monoisotopic (exact) mass is 316 g/mol. The standard InChI is InChI=1S/C14H20N8O/c1-10-16-12(19-17-10)9-21-5-7-22(8-6-21)13-4-3-11(18-20-13)14(23)15-2/h3-4H,5-9H2,1-2H3,(H,15,23)(H,16,17,19). The van der Waals surface area contributed by atoms with E-state index in [4.69, 9.17) is 0 Å². The molecule has 0 aliphatic carbocycles. The van der Waals surface area contributed by atoms with E-state index in [1.165, 1.54) is 0 Å². The molecular weight excluding hydrogens is 296 g/mol. The van der Waals surface area contributed by atoms with Gasteiger partial charge in [-0.15, -0.1) is 10.2 Å². The van der Waals surface area contributed by atoms with E-state index >= 15 is 0 Å². The molecule has 9 heteroatoms. The molecule has 2 aromatic rings. The van der Waals surface area contributed by atoms with Crippen LogP contribution in [0.4, 0.5) is 5.82 Å². The number of carbonyl (C=O) groups excluding carboxylic acids is 1. The number of carbonyl (C=O) groups is 1. The van der Waals surface area contributed by atoms with Crippen molar-refractivity contribution >= 4 is 11.7 Å². The smallest absolute Gasteiger partial charge is 0.271 e. The maximum Gasteiger partial charge on any atom is 0.271 e. The van der Waals surface area contributed by atoms with Gasteiger partial charge in [-0.05, 0) is 19.1 Å². The molecule has 2 aromatic heterocycles. The highest BCUT2D eigenvalue weighted by molar-refractivity contribution is 5.91. The molecule has 1 amide bonds. The molecule has 0 aromatic carbocycles. The summed E-state index contributed by atoms with van der Waals surface area (Å²) in [4.78, 5) is 20.3. The first-order valence-electron chi connectivity index (χ1n) is 7.56. The second-order valence-corrected chi connectivity index (χ2v) is 5.46. The molecule has 2 N–H and O–H groups in total. The summed E-state index contributed by atoms with van der Waals surface area (Å²) in [5.41, 5.74) is 0.329. The Bertz CT molecular complexity index is 660. The number of rotatable bonds is 4. The van der Waals surface area contributed by atoms with Gasteiger partial charge in [0.15, 0.2) is 17.3 Å². The Labute approximate surface area is 134 Å². The molecule has 0 saturated carbocycles. The molecule has 3 rings (SSSR count). The molecule has 0 spiro atoms. The van der Waals surface area contributed by atoms with E-state index in [-0.39, 0.29) is 5.91 Å². The summed E-state index contributed by atoms with van der Waals surface area (Å²) in [6.45, 7) is 6.18. The largest absolute Gasteiger partial charge is 0.354 e. The highest BCUT2D eigenvalue weighted by Gasteiger charge is 2.20. The van der Waals surface area contributed by atoms with Crippen molar-refractivity contribution < 1.29 is 4.79 Å². The quantitative estimate of drug-likeness (QED) is 0.790. The molecule has 3 heterocycles. The minimum atomic E-state index is -0.226. The molecule has 0 bridgehead atoms. The summed E-state index contributed by atoms with van der Waals surface area (Å²) in [5.74, 6) is 2.23. The number of anilines is 1. The topological polar surface area (TPSA) is 103 Å². The molecule has 0 radical (unpaired) electrons. The van der Waals surface area contributed by atoms with E-state index in [2.05, 4.69) is 40.5 Å². The minimum Gasteiger partial charge on any atom is -0.354 e. The Morgan fingerprint density at radius 2 is 2.04 bits per heavy atom. The van der Waals surface area contributed by atoms with Crippen LogP contribution < -0.4 is 10.2 Å². The van der Waals surface area contributed by atoms with Gasteiger partial charge in [-0.2, -0.15) is 5.10 Å². The Kier molecular flexibility index (Phi) is 4.47. The van der Waals surface area contributed by atoms with E-state index in [1.54, 1.807) is 13.1 Å². The van der Waals surface area contributed by atoms with Crippen molar-refractivity contribution in [2.75, 3.05) is 38.1 Å². The second kappa shape index (κ2) is 6.69. The molecule has 0 unspecified atom stereocenters. The van der Waals surface area contributed by atoms with Crippen LogP contribution in [-0.2, 0) is 6.54 Å². The highest BCUT2D eigenvalue weighted by Crippen LogP contribution is 2.13. The van der Waals surface area contributed by atoms with Gasteiger partial charge >= 0.3 is 0 Å². The zero-order valence-corrected chi connectivity index (χ0v) is 13.3. The summed E-state index contributed by atoms with van der Waals surface area (Å²) < 4.78 is 0. The fourth-order valence-electron chi connectivity index (χ4n) is 2.54. The van der Waals surface area contributed by atoms with Crippen molar-refractivity contribution in [3.63, 3.8) is 0 Å². The number of aryl methyl sites for hydroxylation is 1. The van der Waals surface area contributed by atoms with Crippen LogP contribution in [0.2, 0.25) is 0 Å². The molecule has 1 aliphatic rings. The average Bonchev–Trinajstić information content (AvgIpc) is 3.00. The maximum atomic E-state index is 11.5. The molecular formula is C14H20N8O. The number of nitrogens with one attached hydrogen (secondary N) is 2. The van der Waals surface area contributed by atoms with E-state index in [0.29, 0.717) is 5.69 Å². The Hall–Kier alpha value is -2.55. The first-order chi connectivity index (χ1) is 11.2. The van der Waals surface area contributed by atoms with Crippen LogP contribution in [0.15, 0.2) is 12.1 Å². The van der Waals surface area contributed by atoms with Crippen LogP contribution >= 0.6 is 0 Å². The zero-order valence-electron chi connectivity index (χ0n) is 13.3. The first kappa shape index (κ1) is 15.3. The zero-order chi connectivity index (χ0) is 16.2. The number of aromatic amines is 1. The summed E-state index contributed by atoms with van der Waals surface area (Å²) in [6.07, 6.45) is 0. The Morgan fingerprint density at radius 3 is 2.61 bits per heavy atom. The van der Waals surface area contributed by atoms with Gasteiger partial charge < -0.3 is 10.2 Å². The highest BCUT2D eigenvalue weighted by atomic mass is 16.1. The van der Waals surface area contributed by atoms with E-state index in [0.717, 1.165) is 50.2 Å². The van der Waals surface area contributed by atoms with Gasteiger partial charge in [-0.1, -0.05) is 0 Å². The minimum absolute atomic E-state index is 0.226. The van der Waals surface area contributed by atoms with Crippen LogP contribution in [0, 0.1) is 6.92 Å². The van der Waals surface area contributed by atoms with Crippen molar-refractivity contribution in [1.82, 2.24) is 35.6 Å². The normalized spacial score (nSPS) is 15.7. The number of aromatic nitrogens is 5. The summed E-state index contributed by atoms with van der Waals surface area (Å²) in [5, 5.41) is 17.7.